The van der Waals surface area contributed by atoms with Crippen LogP contribution in [0.4, 0.5) is 24.0 Å². The second-order valence-electron chi connectivity index (χ2n) is 10.1. The molecule has 0 aliphatic carbocycles. The smallest absolute Gasteiger partial charge is 0.325 e. The Hall–Kier alpha value is -3.73. The Kier molecular flexibility index (Phi) is 21.9. The molecule has 17 heteroatoms. The fourth-order valence-corrected chi connectivity index (χ4v) is 4.40. The van der Waals surface area contributed by atoms with Crippen molar-refractivity contribution in [3.8, 4) is 0 Å². The van der Waals surface area contributed by atoms with Gasteiger partial charge in [-0.25, -0.2) is 24.0 Å². The molecule has 0 aromatic heterocycles. The van der Waals surface area contributed by atoms with E-state index in [1.165, 1.54) is 46.2 Å². The number of hydrogen-bond acceptors (Lipinski definition) is 7. The Morgan fingerprint density at radius 3 is 1.63 bits per heavy atom. The van der Waals surface area contributed by atoms with E-state index >= 15 is 0 Å². The summed E-state index contributed by atoms with van der Waals surface area (Å²) in [5.41, 5.74) is 0. The second kappa shape index (κ2) is 22.7. The first-order valence-electron chi connectivity index (χ1n) is 15.1. The summed E-state index contributed by atoms with van der Waals surface area (Å²) in [6, 6.07) is -2.08. The molecule has 0 atom stereocenters. The van der Waals surface area contributed by atoms with Crippen LogP contribution in [0.25, 0.3) is 0 Å². The molecule has 0 aromatic carbocycles. The second-order valence-corrected chi connectivity index (χ2v) is 10.1. The van der Waals surface area contributed by atoms with Gasteiger partial charge in [0.05, 0.1) is 0 Å². The summed E-state index contributed by atoms with van der Waals surface area (Å²) in [4.78, 5) is 80.0. The molecule has 1 rings (SSSR count). The van der Waals surface area contributed by atoms with E-state index in [0.717, 1.165) is 0 Å². The molecule has 270 valence electrons. The van der Waals surface area contributed by atoms with E-state index in [4.69, 9.17) is 9.47 Å². The molecule has 10 amide bonds. The summed E-state index contributed by atoms with van der Waals surface area (Å²) in [5.74, 6) is 0. The summed E-state index contributed by atoms with van der Waals surface area (Å²) in [7, 11) is 4.58. The predicted molar refractivity (Wildman–Crippen MR) is 177 cm³/mol. The number of carbonyl (C=O) groups is 5. The number of rotatable bonds is 8. The SMILES string of the molecule is C.C.CCOCN1COCN(C)C(=O)N(C)CN(C(=O)N(CC)CC)CN(CC)C(=O)N(CC)CN(C(=O)NC)CN(CC)C1=O. The van der Waals surface area contributed by atoms with Gasteiger partial charge in [0, 0.05) is 60.5 Å². The highest BCUT2D eigenvalue weighted by Gasteiger charge is 2.31. The minimum atomic E-state index is -0.479. The molecule has 0 radical (unpaired) electrons. The van der Waals surface area contributed by atoms with Crippen LogP contribution in [0.5, 0.6) is 0 Å². The van der Waals surface area contributed by atoms with Gasteiger partial charge >= 0.3 is 30.2 Å². The summed E-state index contributed by atoms with van der Waals surface area (Å²) in [5, 5.41) is 2.59. The molecule has 0 spiro atoms. The quantitative estimate of drug-likeness (QED) is 0.421. The van der Waals surface area contributed by atoms with Crippen molar-refractivity contribution < 1.29 is 33.4 Å². The number of hydrogen-bond donors (Lipinski definition) is 1. The molecule has 1 heterocycles. The fraction of sp³-hybridized carbons (Fsp3) is 0.828. The van der Waals surface area contributed by atoms with Crippen molar-refractivity contribution in [2.75, 3.05) is 107 Å². The molecule has 1 aliphatic rings. The minimum Gasteiger partial charge on any atom is -0.361 e. The zero-order valence-electron chi connectivity index (χ0n) is 28.1. The van der Waals surface area contributed by atoms with Gasteiger partial charge in [-0.2, -0.15) is 0 Å². The third kappa shape index (κ3) is 12.6. The van der Waals surface area contributed by atoms with Crippen molar-refractivity contribution in [1.29, 1.82) is 0 Å². The van der Waals surface area contributed by atoms with Gasteiger partial charge in [-0.3, -0.25) is 14.7 Å². The highest BCUT2D eigenvalue weighted by Crippen LogP contribution is 2.11. The lowest BCUT2D eigenvalue weighted by Gasteiger charge is -2.40. The molecule has 0 unspecified atom stereocenters. The standard InChI is InChI=1S/C27H54N10O7.2CH4/c1-10-31(11-2)25(40)36-16-29(8)24(39)30(9)20-44-22-37(21-43-15-6)27(42)33(13-4)18-35(23(38)28-7)17-32(12-3)26(41)34(14-5)19-36;;/h10-22H2,1-9H3,(H,28,38);2*1H4. The molecular weight excluding hydrogens is 600 g/mol. The first-order valence-corrected chi connectivity index (χ1v) is 15.1. The number of amides is 10. The number of nitrogens with zero attached hydrogens (tertiary/aromatic N) is 9. The van der Waals surface area contributed by atoms with Crippen molar-refractivity contribution in [3.63, 3.8) is 0 Å². The maximum atomic E-state index is 13.8. The third-order valence-electron chi connectivity index (χ3n) is 7.08. The van der Waals surface area contributed by atoms with Gasteiger partial charge in [0.15, 0.2) is 0 Å². The predicted octanol–water partition coefficient (Wildman–Crippen LogP) is 2.92. The summed E-state index contributed by atoms with van der Waals surface area (Å²) in [6.07, 6.45) is 0. The van der Waals surface area contributed by atoms with E-state index in [0.29, 0.717) is 19.7 Å². The molecule has 1 saturated heterocycles. The van der Waals surface area contributed by atoms with Crippen LogP contribution in [0.15, 0.2) is 0 Å². The molecular formula is C29H62N10O7. The summed E-state index contributed by atoms with van der Waals surface area (Å²) in [6.45, 7) is 12.0. The summed E-state index contributed by atoms with van der Waals surface area (Å²) >= 11 is 0. The molecule has 1 fully saturated rings. The number of ether oxygens (including phenoxy) is 2. The zero-order valence-corrected chi connectivity index (χ0v) is 28.1. The Bertz CT molecular complexity index is 940. The molecule has 0 aromatic rings. The van der Waals surface area contributed by atoms with Crippen LogP contribution in [-0.2, 0) is 9.47 Å². The van der Waals surface area contributed by atoms with E-state index in [1.807, 2.05) is 13.8 Å². The average Bonchev–Trinajstić information content (AvgIpc) is 3.03. The van der Waals surface area contributed by atoms with Crippen LogP contribution in [0.2, 0.25) is 0 Å². The van der Waals surface area contributed by atoms with Crippen molar-refractivity contribution in [3.05, 3.63) is 0 Å². The van der Waals surface area contributed by atoms with Gasteiger partial charge in [-0.1, -0.05) is 14.9 Å². The topological polar surface area (TPSA) is 145 Å². The van der Waals surface area contributed by atoms with Gasteiger partial charge in [0.1, 0.15) is 46.9 Å². The normalized spacial score (nSPS) is 16.5. The van der Waals surface area contributed by atoms with Crippen LogP contribution in [0.1, 0.15) is 56.4 Å². The lowest BCUT2D eigenvalue weighted by molar-refractivity contribution is -0.0487. The van der Waals surface area contributed by atoms with E-state index in [-0.39, 0.29) is 87.4 Å². The molecule has 46 heavy (non-hydrogen) atoms. The Morgan fingerprint density at radius 1 is 0.717 bits per heavy atom. The van der Waals surface area contributed by atoms with Crippen molar-refractivity contribution in [2.45, 2.75) is 56.4 Å². The third-order valence-corrected chi connectivity index (χ3v) is 7.08. The van der Waals surface area contributed by atoms with Crippen LogP contribution < -0.4 is 5.32 Å². The van der Waals surface area contributed by atoms with Crippen molar-refractivity contribution in [1.82, 2.24) is 49.4 Å². The first kappa shape index (κ1) is 44.4. The Morgan fingerprint density at radius 2 is 1.20 bits per heavy atom. The van der Waals surface area contributed by atoms with Gasteiger partial charge in [0.25, 0.3) is 0 Å². The first-order chi connectivity index (χ1) is 20.9. The maximum Gasteiger partial charge on any atom is 0.325 e. The molecule has 0 saturated carbocycles. The van der Waals surface area contributed by atoms with E-state index in [1.54, 1.807) is 46.7 Å². The monoisotopic (exact) mass is 662 g/mol. The largest absolute Gasteiger partial charge is 0.361 e. The summed E-state index contributed by atoms with van der Waals surface area (Å²) < 4.78 is 11.2. The Labute approximate surface area is 276 Å². The maximum absolute atomic E-state index is 13.8. The van der Waals surface area contributed by atoms with Gasteiger partial charge < -0.3 is 44.2 Å². The molecule has 1 aliphatic heterocycles. The number of urea groups is 5. The van der Waals surface area contributed by atoms with Gasteiger partial charge in [-0.15, -0.1) is 0 Å². The minimum absolute atomic E-state index is 0. The molecule has 17 nitrogen and oxygen atoms in total. The number of carbonyl (C=O) groups excluding carboxylic acids is 5. The van der Waals surface area contributed by atoms with E-state index in [9.17, 15) is 24.0 Å². The van der Waals surface area contributed by atoms with Crippen molar-refractivity contribution >= 4 is 30.2 Å². The zero-order chi connectivity index (χ0) is 33.4. The van der Waals surface area contributed by atoms with Gasteiger partial charge in [0.2, 0.25) is 0 Å². The highest BCUT2D eigenvalue weighted by atomic mass is 16.5. The van der Waals surface area contributed by atoms with Crippen LogP contribution in [-0.4, -0.2) is 182 Å². The van der Waals surface area contributed by atoms with E-state index < -0.39 is 24.1 Å². The van der Waals surface area contributed by atoms with Crippen LogP contribution in [0.3, 0.4) is 0 Å². The van der Waals surface area contributed by atoms with Crippen molar-refractivity contribution in [2.24, 2.45) is 0 Å². The highest BCUT2D eigenvalue weighted by molar-refractivity contribution is 5.80. The molecule has 0 bridgehead atoms. The molecule has 1 N–H and O–H groups in total. The average molecular weight is 663 g/mol. The van der Waals surface area contributed by atoms with Crippen LogP contribution in [0, 0.1) is 0 Å². The van der Waals surface area contributed by atoms with E-state index in [2.05, 4.69) is 5.32 Å². The number of nitrogens with one attached hydrogen (secondary N) is 1. The van der Waals surface area contributed by atoms with Gasteiger partial charge in [-0.05, 0) is 41.5 Å². The lowest BCUT2D eigenvalue weighted by Crippen LogP contribution is -2.58. The fourth-order valence-electron chi connectivity index (χ4n) is 4.40. The lowest BCUT2D eigenvalue weighted by atomic mass is 10.4. The Balaban J connectivity index is 0. The van der Waals surface area contributed by atoms with Crippen LogP contribution >= 0.6 is 0 Å².